The molecule has 0 amide bonds. The number of carbonyl (C=O) groups is 2. The molecule has 4 N–H and O–H groups in total. The van der Waals surface area contributed by atoms with Gasteiger partial charge in [0.05, 0.1) is 13.2 Å². The number of esters is 2. The van der Waals surface area contributed by atoms with Crippen molar-refractivity contribution in [3.63, 3.8) is 0 Å². The van der Waals surface area contributed by atoms with E-state index in [2.05, 4.69) is 22.6 Å². The minimum Gasteiger partial charge on any atom is -0.460 e. The summed E-state index contributed by atoms with van der Waals surface area (Å²) in [6.45, 7) is 8.48. The Morgan fingerprint density at radius 2 is 1.14 bits per heavy atom. The molecule has 0 heterocycles. The fraction of sp³-hybridized carbons (Fsp3) is 0.571. The van der Waals surface area contributed by atoms with Crippen LogP contribution in [0.2, 0.25) is 0 Å². The number of aliphatic hydroxyl groups is 4. The molecule has 0 aromatic carbocycles. The van der Waals surface area contributed by atoms with Crippen LogP contribution >= 0.6 is 0 Å². The highest BCUT2D eigenvalue weighted by atomic mass is 16.5. The standard InChI is InChI=1S/2C7H12O4/c2*1-5(2)7(10)11-4-6(9)3-8/h2*6,8-9H,1,3-4H2,2H3. The molecule has 0 fully saturated rings. The largest absolute Gasteiger partial charge is 0.460 e. The SMILES string of the molecule is C=C(C)C(=O)OCC(O)CO.C=C(C)C(=O)OCC(O)CO. The van der Waals surface area contributed by atoms with Crippen molar-refractivity contribution in [3.8, 4) is 0 Å². The van der Waals surface area contributed by atoms with Gasteiger partial charge in [-0.25, -0.2) is 9.59 Å². The maximum Gasteiger partial charge on any atom is 0.333 e. The Kier molecular flexibility index (Phi) is 13.3. The number of ether oxygens (including phenoxy) is 2. The summed E-state index contributed by atoms with van der Waals surface area (Å²) >= 11 is 0. The molecule has 0 aliphatic carbocycles. The molecule has 0 bridgehead atoms. The maximum absolute atomic E-state index is 10.6. The van der Waals surface area contributed by atoms with Gasteiger partial charge in [-0.05, 0) is 13.8 Å². The molecule has 0 radical (unpaired) electrons. The van der Waals surface area contributed by atoms with Gasteiger partial charge < -0.3 is 29.9 Å². The molecule has 22 heavy (non-hydrogen) atoms. The van der Waals surface area contributed by atoms with Crippen molar-refractivity contribution in [1.29, 1.82) is 0 Å². The molecule has 0 aliphatic rings. The van der Waals surface area contributed by atoms with Crippen LogP contribution in [0.3, 0.4) is 0 Å². The predicted octanol–water partition coefficient (Wildman–Crippen LogP) is -1.08. The topological polar surface area (TPSA) is 134 Å². The first kappa shape index (κ1) is 22.5. The summed E-state index contributed by atoms with van der Waals surface area (Å²) in [5, 5.41) is 34.1. The summed E-state index contributed by atoms with van der Waals surface area (Å²) < 4.78 is 9.02. The summed E-state index contributed by atoms with van der Waals surface area (Å²) in [5.74, 6) is -1.12. The first-order chi connectivity index (χ1) is 10.1. The molecule has 0 saturated carbocycles. The van der Waals surface area contributed by atoms with E-state index < -0.39 is 37.4 Å². The van der Waals surface area contributed by atoms with E-state index in [1.165, 1.54) is 13.8 Å². The Morgan fingerprint density at radius 3 is 1.32 bits per heavy atom. The zero-order valence-corrected chi connectivity index (χ0v) is 12.8. The van der Waals surface area contributed by atoms with Crippen molar-refractivity contribution in [3.05, 3.63) is 24.3 Å². The molecule has 128 valence electrons. The van der Waals surface area contributed by atoms with Crippen molar-refractivity contribution in [2.75, 3.05) is 26.4 Å². The highest BCUT2D eigenvalue weighted by Crippen LogP contribution is 1.94. The van der Waals surface area contributed by atoms with Gasteiger partial charge >= 0.3 is 11.9 Å². The van der Waals surface area contributed by atoms with Crippen LogP contribution in [-0.4, -0.2) is 71.0 Å². The number of aliphatic hydroxyl groups excluding tert-OH is 4. The summed E-state index contributed by atoms with van der Waals surface area (Å²) in [6.07, 6.45) is -2.00. The second-order valence-electron chi connectivity index (χ2n) is 4.43. The highest BCUT2D eigenvalue weighted by molar-refractivity contribution is 5.87. The first-order valence-corrected chi connectivity index (χ1v) is 6.38. The minimum absolute atomic E-state index is 0.192. The number of hydrogen-bond donors (Lipinski definition) is 4. The summed E-state index contributed by atoms with van der Waals surface area (Å²) in [6, 6.07) is 0. The van der Waals surface area contributed by atoms with Gasteiger partial charge in [0, 0.05) is 11.1 Å². The van der Waals surface area contributed by atoms with Crippen molar-refractivity contribution in [1.82, 2.24) is 0 Å². The number of carbonyl (C=O) groups excluding carboxylic acids is 2. The smallest absolute Gasteiger partial charge is 0.333 e. The summed E-state index contributed by atoms with van der Waals surface area (Å²) in [4.78, 5) is 21.3. The average molecular weight is 320 g/mol. The van der Waals surface area contributed by atoms with E-state index in [1.54, 1.807) is 0 Å². The van der Waals surface area contributed by atoms with Crippen LogP contribution in [-0.2, 0) is 19.1 Å². The summed E-state index contributed by atoms with van der Waals surface area (Å²) in [7, 11) is 0. The monoisotopic (exact) mass is 320 g/mol. The molecule has 2 atom stereocenters. The van der Waals surface area contributed by atoms with E-state index in [1.807, 2.05) is 0 Å². The quantitative estimate of drug-likeness (QED) is 0.328. The van der Waals surface area contributed by atoms with Crippen LogP contribution in [0.25, 0.3) is 0 Å². The van der Waals surface area contributed by atoms with Crippen LogP contribution in [0.4, 0.5) is 0 Å². The fourth-order valence-electron chi connectivity index (χ4n) is 0.696. The Hall–Kier alpha value is -1.74. The predicted molar refractivity (Wildman–Crippen MR) is 77.7 cm³/mol. The molecule has 0 rings (SSSR count). The molecular formula is C14H24O8. The molecular weight excluding hydrogens is 296 g/mol. The molecule has 0 aromatic rings. The van der Waals surface area contributed by atoms with Gasteiger partial charge in [0.1, 0.15) is 25.4 Å². The van der Waals surface area contributed by atoms with E-state index >= 15 is 0 Å². The third kappa shape index (κ3) is 13.3. The van der Waals surface area contributed by atoms with Crippen LogP contribution < -0.4 is 0 Å². The minimum atomic E-state index is -1.00. The van der Waals surface area contributed by atoms with Crippen molar-refractivity contribution in [2.45, 2.75) is 26.1 Å². The van der Waals surface area contributed by atoms with Crippen molar-refractivity contribution in [2.24, 2.45) is 0 Å². The zero-order valence-electron chi connectivity index (χ0n) is 12.8. The maximum atomic E-state index is 10.6. The van der Waals surface area contributed by atoms with Gasteiger partial charge in [0.2, 0.25) is 0 Å². The van der Waals surface area contributed by atoms with Gasteiger partial charge in [-0.15, -0.1) is 0 Å². The van der Waals surface area contributed by atoms with E-state index in [-0.39, 0.29) is 24.4 Å². The molecule has 2 unspecified atom stereocenters. The summed E-state index contributed by atoms with van der Waals surface area (Å²) in [5.41, 5.74) is 0.547. The zero-order chi connectivity index (χ0) is 17.7. The molecule has 8 nitrogen and oxygen atoms in total. The van der Waals surface area contributed by atoms with Crippen molar-refractivity contribution >= 4 is 11.9 Å². The van der Waals surface area contributed by atoms with Crippen LogP contribution in [0, 0.1) is 0 Å². The Bertz CT molecular complexity index is 341. The lowest BCUT2D eigenvalue weighted by Crippen LogP contribution is -2.22. The molecule has 0 aliphatic heterocycles. The fourth-order valence-corrected chi connectivity index (χ4v) is 0.696. The normalized spacial score (nSPS) is 12.3. The average Bonchev–Trinajstić information content (AvgIpc) is 2.49. The molecule has 8 heteroatoms. The number of hydrogen-bond acceptors (Lipinski definition) is 8. The Morgan fingerprint density at radius 1 is 0.864 bits per heavy atom. The van der Waals surface area contributed by atoms with E-state index in [0.717, 1.165) is 0 Å². The lowest BCUT2D eigenvalue weighted by molar-refractivity contribution is -0.143. The lowest BCUT2D eigenvalue weighted by atomic mass is 10.3. The van der Waals surface area contributed by atoms with Crippen LogP contribution in [0.15, 0.2) is 24.3 Å². The second kappa shape index (κ2) is 13.0. The van der Waals surface area contributed by atoms with Crippen molar-refractivity contribution < 1.29 is 39.5 Å². The van der Waals surface area contributed by atoms with Gasteiger partial charge in [0.15, 0.2) is 0 Å². The first-order valence-electron chi connectivity index (χ1n) is 6.38. The van der Waals surface area contributed by atoms with Crippen LogP contribution in [0.5, 0.6) is 0 Å². The molecule has 0 spiro atoms. The molecule has 0 aromatic heterocycles. The Labute approximate surface area is 129 Å². The third-order valence-corrected chi connectivity index (χ3v) is 1.93. The highest BCUT2D eigenvalue weighted by Gasteiger charge is 2.07. The van der Waals surface area contributed by atoms with Gasteiger partial charge in [-0.1, -0.05) is 13.2 Å². The van der Waals surface area contributed by atoms with Gasteiger partial charge in [0.25, 0.3) is 0 Å². The second-order valence-corrected chi connectivity index (χ2v) is 4.43. The number of rotatable bonds is 8. The third-order valence-electron chi connectivity index (χ3n) is 1.93. The van der Waals surface area contributed by atoms with E-state index in [4.69, 9.17) is 20.4 Å². The van der Waals surface area contributed by atoms with E-state index in [0.29, 0.717) is 0 Å². The van der Waals surface area contributed by atoms with Gasteiger partial charge in [-0.2, -0.15) is 0 Å². The lowest BCUT2D eigenvalue weighted by Gasteiger charge is -2.07. The Balaban J connectivity index is 0. The molecule has 0 saturated heterocycles. The van der Waals surface area contributed by atoms with Crippen LogP contribution in [0.1, 0.15) is 13.8 Å². The van der Waals surface area contributed by atoms with E-state index in [9.17, 15) is 9.59 Å². The van der Waals surface area contributed by atoms with Gasteiger partial charge in [-0.3, -0.25) is 0 Å².